The Labute approximate surface area is 143 Å². The van der Waals surface area contributed by atoms with Crippen LogP contribution in [0.2, 0.25) is 0 Å². The van der Waals surface area contributed by atoms with E-state index in [1.165, 1.54) is 12.1 Å². The Kier molecular flexibility index (Phi) is 5.91. The van der Waals surface area contributed by atoms with Crippen molar-refractivity contribution in [1.82, 2.24) is 9.88 Å². The van der Waals surface area contributed by atoms with Gasteiger partial charge in [-0.15, -0.1) is 0 Å². The van der Waals surface area contributed by atoms with Gasteiger partial charge in [0, 0.05) is 24.5 Å². The zero-order valence-corrected chi connectivity index (χ0v) is 14.1. The number of aromatic nitrogens is 1. The monoisotopic (exact) mass is 330 g/mol. The molecule has 130 valence electrons. The van der Waals surface area contributed by atoms with Crippen molar-refractivity contribution in [2.75, 3.05) is 26.8 Å². The molecule has 5 nitrogen and oxygen atoms in total. The standard InChI is InChI=1S/C19H26N2O3/c1-23-17-6-2-5-15(11-17)13-24-14-16(22)12-21-10-4-8-19(21)18-7-3-9-20-18/h2-3,5-7,9,11,16,19-20,22H,4,8,10,12-14H2,1H3. The third-order valence-electron chi connectivity index (χ3n) is 4.50. The average Bonchev–Trinajstić information content (AvgIpc) is 3.26. The van der Waals surface area contributed by atoms with E-state index in [-0.39, 0.29) is 0 Å². The summed E-state index contributed by atoms with van der Waals surface area (Å²) < 4.78 is 10.9. The number of nitrogens with one attached hydrogen (secondary N) is 1. The SMILES string of the molecule is COc1cccc(COCC(O)CN2CCCC2c2ccc[nH]2)c1. The quantitative estimate of drug-likeness (QED) is 0.781. The van der Waals surface area contributed by atoms with E-state index in [1.54, 1.807) is 7.11 Å². The first kappa shape index (κ1) is 17.0. The third kappa shape index (κ3) is 4.38. The number of methoxy groups -OCH3 is 1. The van der Waals surface area contributed by atoms with Crippen LogP contribution in [0.25, 0.3) is 0 Å². The van der Waals surface area contributed by atoms with Gasteiger partial charge in [-0.3, -0.25) is 4.90 Å². The van der Waals surface area contributed by atoms with Crippen LogP contribution in [0.1, 0.15) is 30.1 Å². The van der Waals surface area contributed by atoms with Gasteiger partial charge < -0.3 is 19.6 Å². The Balaban J connectivity index is 1.44. The molecule has 2 N–H and O–H groups in total. The smallest absolute Gasteiger partial charge is 0.119 e. The molecule has 0 spiro atoms. The molecule has 0 bridgehead atoms. The van der Waals surface area contributed by atoms with Crippen molar-refractivity contribution in [3.05, 3.63) is 53.9 Å². The minimum Gasteiger partial charge on any atom is -0.497 e. The first-order valence-corrected chi connectivity index (χ1v) is 8.52. The van der Waals surface area contributed by atoms with Gasteiger partial charge in [-0.1, -0.05) is 12.1 Å². The molecule has 24 heavy (non-hydrogen) atoms. The number of hydrogen-bond acceptors (Lipinski definition) is 4. The first-order chi connectivity index (χ1) is 11.8. The minimum atomic E-state index is -0.480. The maximum absolute atomic E-state index is 10.3. The molecular formula is C19H26N2O3. The van der Waals surface area contributed by atoms with Crippen molar-refractivity contribution >= 4 is 0 Å². The highest BCUT2D eigenvalue weighted by Gasteiger charge is 2.28. The van der Waals surface area contributed by atoms with Gasteiger partial charge in [0.2, 0.25) is 0 Å². The van der Waals surface area contributed by atoms with Gasteiger partial charge in [0.25, 0.3) is 0 Å². The summed E-state index contributed by atoms with van der Waals surface area (Å²) in [4.78, 5) is 5.63. The first-order valence-electron chi connectivity index (χ1n) is 8.52. The minimum absolute atomic E-state index is 0.338. The molecule has 1 fully saturated rings. The summed E-state index contributed by atoms with van der Waals surface area (Å²) >= 11 is 0. The van der Waals surface area contributed by atoms with Crippen LogP contribution >= 0.6 is 0 Å². The highest BCUT2D eigenvalue weighted by atomic mass is 16.5. The molecule has 1 aromatic carbocycles. The zero-order chi connectivity index (χ0) is 16.8. The van der Waals surface area contributed by atoms with Gasteiger partial charge in [0.15, 0.2) is 0 Å². The van der Waals surface area contributed by atoms with E-state index in [0.29, 0.717) is 25.8 Å². The van der Waals surface area contributed by atoms with E-state index >= 15 is 0 Å². The van der Waals surface area contributed by atoms with Crippen LogP contribution in [-0.4, -0.2) is 47.9 Å². The van der Waals surface area contributed by atoms with Crippen LogP contribution in [0.15, 0.2) is 42.6 Å². The van der Waals surface area contributed by atoms with Gasteiger partial charge in [-0.05, 0) is 49.2 Å². The summed E-state index contributed by atoms with van der Waals surface area (Å²) in [6, 6.07) is 12.3. The van der Waals surface area contributed by atoms with Crippen LogP contribution in [0.4, 0.5) is 0 Å². The van der Waals surface area contributed by atoms with Gasteiger partial charge >= 0.3 is 0 Å². The molecule has 2 heterocycles. The van der Waals surface area contributed by atoms with Gasteiger partial charge in [0.1, 0.15) is 5.75 Å². The number of likely N-dealkylation sites (tertiary alicyclic amines) is 1. The fraction of sp³-hybridized carbons (Fsp3) is 0.474. The van der Waals surface area contributed by atoms with E-state index in [9.17, 15) is 5.11 Å². The Hall–Kier alpha value is -1.82. The van der Waals surface area contributed by atoms with Crippen LogP contribution in [0.3, 0.4) is 0 Å². The van der Waals surface area contributed by atoms with Crippen molar-refractivity contribution in [2.45, 2.75) is 31.6 Å². The number of aliphatic hydroxyl groups excluding tert-OH is 1. The topological polar surface area (TPSA) is 57.7 Å². The summed E-state index contributed by atoms with van der Waals surface area (Å²) in [5.41, 5.74) is 2.28. The van der Waals surface area contributed by atoms with Crippen LogP contribution in [0.5, 0.6) is 5.75 Å². The maximum atomic E-state index is 10.3. The maximum Gasteiger partial charge on any atom is 0.119 e. The number of ether oxygens (including phenoxy) is 2. The van der Waals surface area contributed by atoms with E-state index < -0.39 is 6.10 Å². The lowest BCUT2D eigenvalue weighted by atomic mass is 10.1. The Morgan fingerprint density at radius 3 is 3.04 bits per heavy atom. The Morgan fingerprint density at radius 1 is 1.33 bits per heavy atom. The number of aromatic amines is 1. The molecule has 0 aliphatic carbocycles. The largest absolute Gasteiger partial charge is 0.497 e. The second-order valence-electron chi connectivity index (χ2n) is 6.30. The number of benzene rings is 1. The van der Waals surface area contributed by atoms with Crippen molar-refractivity contribution in [1.29, 1.82) is 0 Å². The second-order valence-corrected chi connectivity index (χ2v) is 6.30. The molecule has 0 saturated carbocycles. The molecule has 2 aromatic rings. The highest BCUT2D eigenvalue weighted by Crippen LogP contribution is 2.30. The molecule has 1 aliphatic rings. The molecule has 5 heteroatoms. The number of nitrogens with zero attached hydrogens (tertiary/aromatic N) is 1. The molecule has 1 aromatic heterocycles. The lowest BCUT2D eigenvalue weighted by Gasteiger charge is -2.26. The van der Waals surface area contributed by atoms with Crippen molar-refractivity contribution in [2.24, 2.45) is 0 Å². The van der Waals surface area contributed by atoms with E-state index in [4.69, 9.17) is 9.47 Å². The van der Waals surface area contributed by atoms with Crippen molar-refractivity contribution < 1.29 is 14.6 Å². The van der Waals surface area contributed by atoms with E-state index in [0.717, 1.165) is 24.3 Å². The Bertz CT molecular complexity index is 615. The van der Waals surface area contributed by atoms with Crippen molar-refractivity contribution in [3.8, 4) is 5.75 Å². The van der Waals surface area contributed by atoms with E-state index in [2.05, 4.69) is 16.0 Å². The Morgan fingerprint density at radius 2 is 2.25 bits per heavy atom. The average molecular weight is 330 g/mol. The number of rotatable bonds is 8. The number of β-amino-alcohol motifs (C(OH)–C–C–N with tert-alkyl or cyclic N) is 1. The molecule has 1 aliphatic heterocycles. The molecule has 0 radical (unpaired) electrons. The number of aliphatic hydroxyl groups is 1. The molecule has 1 saturated heterocycles. The van der Waals surface area contributed by atoms with Crippen LogP contribution in [0, 0.1) is 0 Å². The summed E-state index contributed by atoms with van der Waals surface area (Å²) in [5.74, 6) is 0.822. The molecule has 0 amide bonds. The summed E-state index contributed by atoms with van der Waals surface area (Å²) in [7, 11) is 1.65. The molecule has 2 atom stereocenters. The molecule has 3 rings (SSSR count). The predicted molar refractivity (Wildman–Crippen MR) is 93.0 cm³/mol. The predicted octanol–water partition coefficient (Wildman–Crippen LogP) is 2.74. The van der Waals surface area contributed by atoms with E-state index in [1.807, 2.05) is 36.5 Å². The highest BCUT2D eigenvalue weighted by molar-refractivity contribution is 5.27. The number of H-pyrrole nitrogens is 1. The lowest BCUT2D eigenvalue weighted by molar-refractivity contribution is 0.00748. The normalized spacial score (nSPS) is 19.5. The fourth-order valence-corrected chi connectivity index (χ4v) is 3.35. The second kappa shape index (κ2) is 8.33. The van der Waals surface area contributed by atoms with Crippen LogP contribution < -0.4 is 4.74 Å². The zero-order valence-electron chi connectivity index (χ0n) is 14.1. The summed E-state index contributed by atoms with van der Waals surface area (Å²) in [6.45, 7) is 2.48. The molecular weight excluding hydrogens is 304 g/mol. The molecule has 2 unspecified atom stereocenters. The van der Waals surface area contributed by atoms with Gasteiger partial charge in [-0.2, -0.15) is 0 Å². The van der Waals surface area contributed by atoms with Gasteiger partial charge in [0.05, 0.1) is 26.4 Å². The van der Waals surface area contributed by atoms with Gasteiger partial charge in [-0.25, -0.2) is 0 Å². The fourth-order valence-electron chi connectivity index (χ4n) is 3.35. The van der Waals surface area contributed by atoms with Crippen LogP contribution in [-0.2, 0) is 11.3 Å². The number of hydrogen-bond donors (Lipinski definition) is 2. The lowest BCUT2D eigenvalue weighted by Crippen LogP contribution is -2.34. The summed E-state index contributed by atoms with van der Waals surface area (Å²) in [6.07, 6.45) is 3.78. The van der Waals surface area contributed by atoms with Crippen molar-refractivity contribution in [3.63, 3.8) is 0 Å². The summed E-state index contributed by atoms with van der Waals surface area (Å²) in [5, 5.41) is 10.3. The third-order valence-corrected chi connectivity index (χ3v) is 4.50.